The van der Waals surface area contributed by atoms with E-state index in [1.54, 1.807) is 0 Å². The van der Waals surface area contributed by atoms with Gasteiger partial charge in [-0.2, -0.15) is 0 Å². The fraction of sp³-hybridized carbons (Fsp3) is 0. The summed E-state index contributed by atoms with van der Waals surface area (Å²) in [6.07, 6.45) is 0. The highest BCUT2D eigenvalue weighted by atomic mass is 79.9. The molecule has 1 N–H and O–H groups in total. The maximum Gasteiger partial charge on any atom is 0.256 e. The minimum absolute atomic E-state index is 0.150. The van der Waals surface area contributed by atoms with Crippen molar-refractivity contribution in [3.05, 3.63) is 95.0 Å². The van der Waals surface area contributed by atoms with E-state index < -0.39 is 0 Å². The van der Waals surface area contributed by atoms with Gasteiger partial charge in [0.15, 0.2) is 0 Å². The summed E-state index contributed by atoms with van der Waals surface area (Å²) in [5.41, 5.74) is 3.92. The summed E-state index contributed by atoms with van der Waals surface area (Å²) in [6.45, 7) is 0. The molecular weight excluding hydrogens is 388 g/mol. The van der Waals surface area contributed by atoms with Crippen LogP contribution in [0.3, 0.4) is 0 Å². The first kappa shape index (κ1) is 16.5. The summed E-state index contributed by atoms with van der Waals surface area (Å²) in [7, 11) is 0. The van der Waals surface area contributed by atoms with E-state index in [4.69, 9.17) is 4.98 Å². The molecule has 0 spiro atoms. The van der Waals surface area contributed by atoms with Crippen molar-refractivity contribution >= 4 is 38.4 Å². The Hall–Kier alpha value is -2.98. The lowest BCUT2D eigenvalue weighted by Gasteiger charge is -2.11. The van der Waals surface area contributed by atoms with Crippen LogP contribution in [0.5, 0.6) is 0 Å². The van der Waals surface area contributed by atoms with E-state index in [1.807, 2.05) is 84.9 Å². The van der Waals surface area contributed by atoms with Gasteiger partial charge in [-0.1, -0.05) is 64.5 Å². The number of aromatic nitrogens is 1. The number of para-hydroxylation sites is 1. The van der Waals surface area contributed by atoms with Crippen LogP contribution in [0.15, 0.2) is 89.4 Å². The SMILES string of the molecule is O=C(Nc1ccc(Br)cc1)c1cc(-c2ccccc2)nc2ccccc12. The molecule has 4 rings (SSSR count). The van der Waals surface area contributed by atoms with E-state index in [-0.39, 0.29) is 5.91 Å². The predicted octanol–water partition coefficient (Wildman–Crippen LogP) is 5.92. The summed E-state index contributed by atoms with van der Waals surface area (Å²) in [4.78, 5) is 17.7. The van der Waals surface area contributed by atoms with Crippen molar-refractivity contribution in [1.82, 2.24) is 4.98 Å². The standard InChI is InChI=1S/C22H15BrN2O/c23-16-10-12-17(13-11-16)24-22(26)19-14-21(15-6-2-1-3-7-15)25-20-9-5-4-8-18(19)20/h1-14H,(H,24,26). The van der Waals surface area contributed by atoms with Gasteiger partial charge in [0.1, 0.15) is 0 Å². The molecule has 3 nitrogen and oxygen atoms in total. The van der Waals surface area contributed by atoms with Crippen LogP contribution in [0.25, 0.3) is 22.2 Å². The van der Waals surface area contributed by atoms with Crippen molar-refractivity contribution in [3.8, 4) is 11.3 Å². The van der Waals surface area contributed by atoms with Gasteiger partial charge in [-0.3, -0.25) is 4.79 Å². The van der Waals surface area contributed by atoms with E-state index in [1.165, 1.54) is 0 Å². The Kier molecular flexibility index (Phi) is 4.50. The van der Waals surface area contributed by atoms with Crippen LogP contribution in [-0.4, -0.2) is 10.9 Å². The molecule has 1 aromatic heterocycles. The van der Waals surface area contributed by atoms with Gasteiger partial charge in [-0.25, -0.2) is 4.98 Å². The molecule has 0 saturated heterocycles. The van der Waals surface area contributed by atoms with Gasteiger partial charge in [0.2, 0.25) is 0 Å². The maximum atomic E-state index is 12.9. The minimum atomic E-state index is -0.150. The van der Waals surface area contributed by atoms with Crippen LogP contribution in [0.1, 0.15) is 10.4 Å². The molecule has 3 aromatic carbocycles. The number of pyridine rings is 1. The molecule has 1 heterocycles. The second-order valence-electron chi connectivity index (χ2n) is 5.90. The number of rotatable bonds is 3. The van der Waals surface area contributed by atoms with Crippen molar-refractivity contribution in [2.75, 3.05) is 5.32 Å². The van der Waals surface area contributed by atoms with Crippen LogP contribution in [0, 0.1) is 0 Å². The molecule has 126 valence electrons. The maximum absolute atomic E-state index is 12.9. The van der Waals surface area contributed by atoms with Crippen LogP contribution >= 0.6 is 15.9 Å². The van der Waals surface area contributed by atoms with E-state index in [0.29, 0.717) is 5.56 Å². The Morgan fingerprint density at radius 1 is 0.846 bits per heavy atom. The van der Waals surface area contributed by atoms with Crippen LogP contribution in [0.4, 0.5) is 5.69 Å². The van der Waals surface area contributed by atoms with Gasteiger partial charge in [0.25, 0.3) is 5.91 Å². The molecule has 0 aliphatic carbocycles. The van der Waals surface area contributed by atoms with E-state index >= 15 is 0 Å². The largest absolute Gasteiger partial charge is 0.322 e. The third-order valence-corrected chi connectivity index (χ3v) is 4.66. The summed E-state index contributed by atoms with van der Waals surface area (Å²) in [6, 6.07) is 27.0. The smallest absolute Gasteiger partial charge is 0.256 e. The van der Waals surface area contributed by atoms with Gasteiger partial charge in [-0.05, 0) is 36.4 Å². The number of benzene rings is 3. The lowest BCUT2D eigenvalue weighted by molar-refractivity contribution is 0.102. The zero-order valence-corrected chi connectivity index (χ0v) is 15.4. The minimum Gasteiger partial charge on any atom is -0.322 e. The predicted molar refractivity (Wildman–Crippen MR) is 109 cm³/mol. The lowest BCUT2D eigenvalue weighted by Crippen LogP contribution is -2.13. The van der Waals surface area contributed by atoms with Crippen molar-refractivity contribution in [1.29, 1.82) is 0 Å². The third-order valence-electron chi connectivity index (χ3n) is 4.13. The van der Waals surface area contributed by atoms with Crippen molar-refractivity contribution in [2.24, 2.45) is 0 Å². The number of nitrogens with zero attached hydrogens (tertiary/aromatic N) is 1. The van der Waals surface area contributed by atoms with Crippen molar-refractivity contribution in [2.45, 2.75) is 0 Å². The first-order chi connectivity index (χ1) is 12.7. The van der Waals surface area contributed by atoms with Gasteiger partial charge >= 0.3 is 0 Å². The normalized spacial score (nSPS) is 10.7. The Balaban J connectivity index is 1.79. The molecule has 0 bridgehead atoms. The van der Waals surface area contributed by atoms with Gasteiger partial charge in [0.05, 0.1) is 16.8 Å². The molecule has 1 amide bonds. The molecule has 26 heavy (non-hydrogen) atoms. The number of halogens is 1. The Labute approximate surface area is 159 Å². The molecule has 0 aliphatic rings. The number of fused-ring (bicyclic) bond motifs is 1. The highest BCUT2D eigenvalue weighted by Crippen LogP contribution is 2.25. The van der Waals surface area contributed by atoms with Gasteiger partial charge in [0, 0.05) is 21.1 Å². The number of nitrogens with one attached hydrogen (secondary N) is 1. The topological polar surface area (TPSA) is 42.0 Å². The Morgan fingerprint density at radius 2 is 1.54 bits per heavy atom. The summed E-state index contributed by atoms with van der Waals surface area (Å²) < 4.78 is 0.969. The number of anilines is 1. The third kappa shape index (κ3) is 3.37. The Morgan fingerprint density at radius 3 is 2.31 bits per heavy atom. The number of hydrogen-bond donors (Lipinski definition) is 1. The number of carbonyl (C=O) groups excluding carboxylic acids is 1. The first-order valence-corrected chi connectivity index (χ1v) is 9.02. The average molecular weight is 403 g/mol. The Bertz CT molecular complexity index is 1080. The highest BCUT2D eigenvalue weighted by Gasteiger charge is 2.14. The first-order valence-electron chi connectivity index (χ1n) is 8.23. The monoisotopic (exact) mass is 402 g/mol. The van der Waals surface area contributed by atoms with Crippen molar-refractivity contribution in [3.63, 3.8) is 0 Å². The number of hydrogen-bond acceptors (Lipinski definition) is 2. The molecule has 0 aliphatic heterocycles. The molecule has 0 fully saturated rings. The average Bonchev–Trinajstić information content (AvgIpc) is 2.69. The van der Waals surface area contributed by atoms with Crippen LogP contribution in [0.2, 0.25) is 0 Å². The second kappa shape index (κ2) is 7.10. The zero-order valence-electron chi connectivity index (χ0n) is 13.8. The van der Waals surface area contributed by atoms with E-state index in [9.17, 15) is 4.79 Å². The van der Waals surface area contributed by atoms with Gasteiger partial charge in [-0.15, -0.1) is 0 Å². The highest BCUT2D eigenvalue weighted by molar-refractivity contribution is 9.10. The fourth-order valence-electron chi connectivity index (χ4n) is 2.85. The van der Waals surface area contributed by atoms with E-state index in [0.717, 1.165) is 32.3 Å². The number of carbonyl (C=O) groups is 1. The summed E-state index contributed by atoms with van der Waals surface area (Å²) >= 11 is 3.40. The zero-order chi connectivity index (χ0) is 17.9. The van der Waals surface area contributed by atoms with Crippen LogP contribution < -0.4 is 5.32 Å². The molecule has 0 radical (unpaired) electrons. The second-order valence-corrected chi connectivity index (χ2v) is 6.81. The van der Waals surface area contributed by atoms with Gasteiger partial charge < -0.3 is 5.32 Å². The lowest BCUT2D eigenvalue weighted by atomic mass is 10.0. The van der Waals surface area contributed by atoms with Crippen LogP contribution in [-0.2, 0) is 0 Å². The molecule has 0 saturated carbocycles. The van der Waals surface area contributed by atoms with Crippen molar-refractivity contribution < 1.29 is 4.79 Å². The molecule has 0 unspecified atom stereocenters. The molecular formula is C22H15BrN2O. The number of amides is 1. The molecule has 4 heteroatoms. The summed E-state index contributed by atoms with van der Waals surface area (Å²) in [5.74, 6) is -0.150. The molecule has 4 aromatic rings. The molecule has 0 atom stereocenters. The quantitative estimate of drug-likeness (QED) is 0.462. The fourth-order valence-corrected chi connectivity index (χ4v) is 3.12. The van der Waals surface area contributed by atoms with E-state index in [2.05, 4.69) is 21.2 Å². The summed E-state index contributed by atoms with van der Waals surface area (Å²) in [5, 5.41) is 3.80.